The maximum atomic E-state index is 12.0. The van der Waals surface area contributed by atoms with Crippen LogP contribution in [-0.4, -0.2) is 29.1 Å². The molecule has 0 aromatic heterocycles. The number of hydrogen-bond donors (Lipinski definition) is 3. The summed E-state index contributed by atoms with van der Waals surface area (Å²) < 4.78 is 0. The van der Waals surface area contributed by atoms with E-state index in [1.165, 1.54) is 12.1 Å². The lowest BCUT2D eigenvalue weighted by atomic mass is 10.1. The highest BCUT2D eigenvalue weighted by atomic mass is 16.6. The monoisotopic (exact) mass is 281 g/mol. The van der Waals surface area contributed by atoms with Crippen molar-refractivity contribution in [1.82, 2.24) is 5.32 Å². The number of carbonyl (C=O) groups excluding carboxylic acids is 1. The van der Waals surface area contributed by atoms with Crippen molar-refractivity contribution in [2.24, 2.45) is 5.92 Å². The van der Waals surface area contributed by atoms with Crippen LogP contribution in [0.4, 0.5) is 11.4 Å². The lowest BCUT2D eigenvalue weighted by Gasteiger charge is -2.12. The molecule has 4 N–H and O–H groups in total. The quantitative estimate of drug-likeness (QED) is 0.411. The van der Waals surface area contributed by atoms with Crippen molar-refractivity contribution < 1.29 is 14.8 Å². The van der Waals surface area contributed by atoms with E-state index in [4.69, 9.17) is 10.8 Å². The molecule has 0 aliphatic rings. The Morgan fingerprint density at radius 1 is 1.55 bits per heavy atom. The summed E-state index contributed by atoms with van der Waals surface area (Å²) in [4.78, 5) is 22.3. The Morgan fingerprint density at radius 2 is 2.20 bits per heavy atom. The van der Waals surface area contributed by atoms with Gasteiger partial charge in [0.15, 0.2) is 0 Å². The highest BCUT2D eigenvalue weighted by Crippen LogP contribution is 2.27. The van der Waals surface area contributed by atoms with Crippen LogP contribution in [0.25, 0.3) is 0 Å². The number of amides is 1. The molecule has 1 amide bonds. The van der Waals surface area contributed by atoms with Crippen molar-refractivity contribution in [3.63, 3.8) is 0 Å². The van der Waals surface area contributed by atoms with Crippen LogP contribution in [0.3, 0.4) is 0 Å². The molecular weight excluding hydrogens is 262 g/mol. The Hall–Kier alpha value is -2.15. The molecular formula is C13H19N3O4. The van der Waals surface area contributed by atoms with Crippen LogP contribution in [0.1, 0.15) is 29.3 Å². The van der Waals surface area contributed by atoms with Gasteiger partial charge in [0.05, 0.1) is 10.5 Å². The van der Waals surface area contributed by atoms with Gasteiger partial charge < -0.3 is 16.2 Å². The molecule has 0 aliphatic heterocycles. The molecule has 0 fully saturated rings. The number of nitrogens with two attached hydrogens (primary N) is 1. The second kappa shape index (κ2) is 6.85. The minimum Gasteiger partial charge on any atom is -0.396 e. The van der Waals surface area contributed by atoms with E-state index in [2.05, 4.69) is 5.32 Å². The number of anilines is 1. The average molecular weight is 281 g/mol. The fourth-order valence-corrected chi connectivity index (χ4v) is 1.80. The van der Waals surface area contributed by atoms with E-state index in [1.807, 2.05) is 6.92 Å². The highest BCUT2D eigenvalue weighted by Gasteiger charge is 2.20. The molecule has 0 radical (unpaired) electrons. The zero-order valence-electron chi connectivity index (χ0n) is 11.5. The Balaban J connectivity index is 2.90. The summed E-state index contributed by atoms with van der Waals surface area (Å²) in [6, 6.07) is 2.86. The van der Waals surface area contributed by atoms with Gasteiger partial charge in [-0.3, -0.25) is 14.9 Å². The number of aliphatic hydroxyl groups is 1. The molecule has 1 rings (SSSR count). The minimum absolute atomic E-state index is 0.0507. The second-order valence-corrected chi connectivity index (χ2v) is 4.83. The Morgan fingerprint density at radius 3 is 2.75 bits per heavy atom. The average Bonchev–Trinajstić information content (AvgIpc) is 2.38. The highest BCUT2D eigenvalue weighted by molar-refractivity contribution is 6.01. The van der Waals surface area contributed by atoms with Crippen LogP contribution in [0, 0.1) is 23.0 Å². The van der Waals surface area contributed by atoms with Gasteiger partial charge >= 0.3 is 0 Å². The molecule has 7 nitrogen and oxygen atoms in total. The molecule has 0 aliphatic carbocycles. The third-order valence-corrected chi connectivity index (χ3v) is 2.98. The third kappa shape index (κ3) is 3.92. The second-order valence-electron chi connectivity index (χ2n) is 4.83. The largest absolute Gasteiger partial charge is 0.396 e. The number of nitrogen functional groups attached to an aromatic ring is 1. The van der Waals surface area contributed by atoms with Crippen molar-refractivity contribution in [3.05, 3.63) is 33.4 Å². The lowest BCUT2D eigenvalue weighted by Crippen LogP contribution is -2.29. The number of rotatable bonds is 6. The van der Waals surface area contributed by atoms with Crippen LogP contribution in [-0.2, 0) is 0 Å². The number of aryl methyl sites for hydroxylation is 1. The molecule has 0 saturated heterocycles. The van der Waals surface area contributed by atoms with E-state index < -0.39 is 10.8 Å². The zero-order chi connectivity index (χ0) is 15.3. The number of nitrogens with one attached hydrogen (secondary N) is 1. The van der Waals surface area contributed by atoms with E-state index in [0.29, 0.717) is 18.5 Å². The Bertz CT molecular complexity index is 517. The number of nitrogens with zero attached hydrogens (tertiary/aromatic N) is 1. The van der Waals surface area contributed by atoms with Crippen molar-refractivity contribution in [2.45, 2.75) is 20.3 Å². The SMILES string of the molecule is Cc1cc(C(=O)NCC(C)CCO)c(N)c([N+](=O)[O-])c1. The van der Waals surface area contributed by atoms with Crippen LogP contribution in [0.5, 0.6) is 0 Å². The fourth-order valence-electron chi connectivity index (χ4n) is 1.80. The van der Waals surface area contributed by atoms with Gasteiger partial charge in [-0.05, 0) is 30.9 Å². The minimum atomic E-state index is -0.604. The van der Waals surface area contributed by atoms with E-state index >= 15 is 0 Å². The molecule has 20 heavy (non-hydrogen) atoms. The molecule has 1 aromatic rings. The molecule has 0 bridgehead atoms. The first kappa shape index (κ1) is 15.9. The van der Waals surface area contributed by atoms with Gasteiger partial charge in [-0.2, -0.15) is 0 Å². The van der Waals surface area contributed by atoms with E-state index in [-0.39, 0.29) is 29.5 Å². The maximum absolute atomic E-state index is 12.0. The summed E-state index contributed by atoms with van der Waals surface area (Å²) in [5.74, 6) is -0.330. The molecule has 110 valence electrons. The van der Waals surface area contributed by atoms with E-state index in [0.717, 1.165) is 0 Å². The molecule has 1 atom stereocenters. The van der Waals surface area contributed by atoms with E-state index in [9.17, 15) is 14.9 Å². The number of aliphatic hydroxyl groups excluding tert-OH is 1. The Labute approximate surface area is 116 Å². The normalized spacial score (nSPS) is 11.9. The van der Waals surface area contributed by atoms with Gasteiger partial charge in [0.25, 0.3) is 11.6 Å². The molecule has 1 aromatic carbocycles. The van der Waals surface area contributed by atoms with Crippen molar-refractivity contribution >= 4 is 17.3 Å². The van der Waals surface area contributed by atoms with Crippen molar-refractivity contribution in [2.75, 3.05) is 18.9 Å². The van der Waals surface area contributed by atoms with Gasteiger partial charge in [0.1, 0.15) is 5.69 Å². The third-order valence-electron chi connectivity index (χ3n) is 2.98. The number of hydrogen-bond acceptors (Lipinski definition) is 5. The first-order chi connectivity index (χ1) is 9.36. The molecule has 0 saturated carbocycles. The lowest BCUT2D eigenvalue weighted by molar-refractivity contribution is -0.384. The van der Waals surface area contributed by atoms with Gasteiger partial charge in [0, 0.05) is 19.2 Å². The summed E-state index contributed by atoms with van der Waals surface area (Å²) >= 11 is 0. The molecule has 0 heterocycles. The number of carbonyl (C=O) groups is 1. The summed E-state index contributed by atoms with van der Waals surface area (Å²) in [5.41, 5.74) is 5.98. The van der Waals surface area contributed by atoms with Gasteiger partial charge in [-0.25, -0.2) is 0 Å². The molecule has 0 spiro atoms. The predicted octanol–water partition coefficient (Wildman–Crippen LogP) is 1.23. The number of nitro benzene ring substituents is 1. The fraction of sp³-hybridized carbons (Fsp3) is 0.462. The van der Waals surface area contributed by atoms with Crippen molar-refractivity contribution in [1.29, 1.82) is 0 Å². The van der Waals surface area contributed by atoms with Gasteiger partial charge in [-0.15, -0.1) is 0 Å². The molecule has 1 unspecified atom stereocenters. The van der Waals surface area contributed by atoms with Crippen molar-refractivity contribution in [3.8, 4) is 0 Å². The standard InChI is InChI=1S/C13H19N3O4/c1-8(3-4-17)7-15-13(18)10-5-9(2)6-11(12(10)14)16(19)20/h5-6,8,17H,3-4,7,14H2,1-2H3,(H,15,18). The summed E-state index contributed by atoms with van der Waals surface area (Å²) in [6.45, 7) is 3.98. The summed E-state index contributed by atoms with van der Waals surface area (Å²) in [6.07, 6.45) is 0.573. The van der Waals surface area contributed by atoms with Gasteiger partial charge in [0.2, 0.25) is 0 Å². The summed E-state index contributed by atoms with van der Waals surface area (Å²) in [5, 5.41) is 22.3. The Kier molecular flexibility index (Phi) is 5.45. The number of benzene rings is 1. The summed E-state index contributed by atoms with van der Waals surface area (Å²) in [7, 11) is 0. The zero-order valence-corrected chi connectivity index (χ0v) is 11.5. The topological polar surface area (TPSA) is 118 Å². The van der Waals surface area contributed by atoms with Crippen LogP contribution >= 0.6 is 0 Å². The van der Waals surface area contributed by atoms with Gasteiger partial charge in [-0.1, -0.05) is 6.92 Å². The first-order valence-electron chi connectivity index (χ1n) is 6.30. The number of nitro groups is 1. The van der Waals surface area contributed by atoms with E-state index in [1.54, 1.807) is 6.92 Å². The first-order valence-corrected chi connectivity index (χ1v) is 6.30. The van der Waals surface area contributed by atoms with Crippen LogP contribution in [0.15, 0.2) is 12.1 Å². The maximum Gasteiger partial charge on any atom is 0.293 e. The molecule has 7 heteroatoms. The van der Waals surface area contributed by atoms with Crippen LogP contribution in [0.2, 0.25) is 0 Å². The predicted molar refractivity (Wildman–Crippen MR) is 75.4 cm³/mol. The van der Waals surface area contributed by atoms with Crippen LogP contribution < -0.4 is 11.1 Å². The smallest absolute Gasteiger partial charge is 0.293 e.